The second-order valence-electron chi connectivity index (χ2n) is 7.94. The summed E-state index contributed by atoms with van der Waals surface area (Å²) in [6.07, 6.45) is 14.7. The van der Waals surface area contributed by atoms with Gasteiger partial charge in [0.05, 0.1) is 6.61 Å². The van der Waals surface area contributed by atoms with Crippen molar-refractivity contribution in [1.29, 1.82) is 0 Å². The molecule has 0 aromatic heterocycles. The highest BCUT2D eigenvalue weighted by Gasteiger charge is 2.13. The molecule has 1 atom stereocenters. The molecule has 2 nitrogen and oxygen atoms in total. The van der Waals surface area contributed by atoms with E-state index in [4.69, 9.17) is 0 Å². The summed E-state index contributed by atoms with van der Waals surface area (Å²) in [5, 5.41) is 9.73. The molecule has 0 radical (unpaired) electrons. The molecule has 0 aliphatic rings. The Bertz CT molecular complexity index is 444. The number of aliphatic hydroxyl groups is 1. The van der Waals surface area contributed by atoms with E-state index < -0.39 is 0 Å². The fourth-order valence-electron chi connectivity index (χ4n) is 2.80. The summed E-state index contributed by atoms with van der Waals surface area (Å²) in [7, 11) is 0. The zero-order chi connectivity index (χ0) is 19.9. The van der Waals surface area contributed by atoms with Crippen LogP contribution in [0.3, 0.4) is 0 Å². The van der Waals surface area contributed by atoms with Crippen LogP contribution >= 0.6 is 0 Å². The Morgan fingerprint density at radius 1 is 0.769 bits per heavy atom. The van der Waals surface area contributed by atoms with Gasteiger partial charge in [-0.3, -0.25) is 4.90 Å². The van der Waals surface area contributed by atoms with E-state index in [9.17, 15) is 5.11 Å². The van der Waals surface area contributed by atoms with Gasteiger partial charge in [-0.15, -0.1) is 0 Å². The molecule has 0 aliphatic carbocycles. The highest BCUT2D eigenvalue weighted by Crippen LogP contribution is 2.12. The molecule has 0 fully saturated rings. The van der Waals surface area contributed by atoms with Crippen LogP contribution in [0.15, 0.2) is 46.6 Å². The average molecular weight is 362 g/mol. The molecule has 1 unspecified atom stereocenters. The van der Waals surface area contributed by atoms with Gasteiger partial charge in [0.2, 0.25) is 0 Å². The summed E-state index contributed by atoms with van der Waals surface area (Å²) >= 11 is 0. The molecule has 0 amide bonds. The SMILES string of the molecule is CCC(CO)N(CC=C(C)CCC=C(C)C)CC=C(C)CCC=C(C)C. The number of aliphatic hydroxyl groups excluding tert-OH is 1. The summed E-state index contributed by atoms with van der Waals surface area (Å²) in [5.74, 6) is 0. The fourth-order valence-corrected chi connectivity index (χ4v) is 2.80. The molecular weight excluding hydrogens is 318 g/mol. The van der Waals surface area contributed by atoms with Crippen molar-refractivity contribution in [2.45, 2.75) is 86.6 Å². The van der Waals surface area contributed by atoms with Crippen molar-refractivity contribution in [1.82, 2.24) is 4.90 Å². The number of hydrogen-bond acceptors (Lipinski definition) is 2. The summed E-state index contributed by atoms with van der Waals surface area (Å²) in [6.45, 7) is 17.3. The zero-order valence-electron chi connectivity index (χ0n) is 18.4. The third-order valence-corrected chi connectivity index (χ3v) is 4.73. The molecule has 0 heterocycles. The van der Waals surface area contributed by atoms with Crippen LogP contribution < -0.4 is 0 Å². The van der Waals surface area contributed by atoms with E-state index in [1.54, 1.807) is 0 Å². The third kappa shape index (κ3) is 13.1. The van der Waals surface area contributed by atoms with Gasteiger partial charge in [-0.2, -0.15) is 0 Å². The predicted molar refractivity (Wildman–Crippen MR) is 118 cm³/mol. The smallest absolute Gasteiger partial charge is 0.0587 e. The first kappa shape index (κ1) is 24.9. The van der Waals surface area contributed by atoms with Crippen molar-refractivity contribution >= 4 is 0 Å². The van der Waals surface area contributed by atoms with E-state index in [0.29, 0.717) is 0 Å². The standard InChI is InChI=1S/C24H43NO/c1-8-24(19-26)25(17-15-22(6)13-9-11-20(2)3)18-16-23(7)14-10-12-21(4)5/h11-12,15-16,24,26H,8-10,13-14,17-19H2,1-7H3. The summed E-state index contributed by atoms with van der Waals surface area (Å²) < 4.78 is 0. The predicted octanol–water partition coefficient (Wildman–Crippen LogP) is 6.44. The van der Waals surface area contributed by atoms with Crippen molar-refractivity contribution in [3.63, 3.8) is 0 Å². The Morgan fingerprint density at radius 3 is 1.50 bits per heavy atom. The van der Waals surface area contributed by atoms with E-state index in [-0.39, 0.29) is 12.6 Å². The molecule has 0 aromatic carbocycles. The molecule has 2 heteroatoms. The van der Waals surface area contributed by atoms with Crippen molar-refractivity contribution in [2.24, 2.45) is 0 Å². The molecule has 1 N–H and O–H groups in total. The van der Waals surface area contributed by atoms with Crippen LogP contribution in [0.4, 0.5) is 0 Å². The van der Waals surface area contributed by atoms with Gasteiger partial charge in [-0.25, -0.2) is 0 Å². The lowest BCUT2D eigenvalue weighted by Crippen LogP contribution is -2.38. The van der Waals surface area contributed by atoms with Crippen LogP contribution in [0, 0.1) is 0 Å². The first-order valence-electron chi connectivity index (χ1n) is 10.2. The Labute approximate surface area is 163 Å². The van der Waals surface area contributed by atoms with Crippen LogP contribution in [0.5, 0.6) is 0 Å². The number of nitrogens with zero attached hydrogens (tertiary/aromatic N) is 1. The molecule has 26 heavy (non-hydrogen) atoms. The minimum atomic E-state index is 0.228. The van der Waals surface area contributed by atoms with E-state index in [0.717, 1.165) is 45.2 Å². The fraction of sp³-hybridized carbons (Fsp3) is 0.667. The van der Waals surface area contributed by atoms with Gasteiger partial charge in [0.25, 0.3) is 0 Å². The monoisotopic (exact) mass is 361 g/mol. The van der Waals surface area contributed by atoms with Gasteiger partial charge in [0.15, 0.2) is 0 Å². The van der Waals surface area contributed by atoms with Crippen molar-refractivity contribution in [3.8, 4) is 0 Å². The molecule has 150 valence electrons. The van der Waals surface area contributed by atoms with Gasteiger partial charge in [0, 0.05) is 19.1 Å². The molecule has 0 aromatic rings. The highest BCUT2D eigenvalue weighted by atomic mass is 16.3. The Balaban J connectivity index is 4.75. The first-order valence-corrected chi connectivity index (χ1v) is 10.2. The maximum atomic E-state index is 9.73. The van der Waals surface area contributed by atoms with Crippen LogP contribution in [-0.4, -0.2) is 35.7 Å². The van der Waals surface area contributed by atoms with Crippen LogP contribution in [0.25, 0.3) is 0 Å². The highest BCUT2D eigenvalue weighted by molar-refractivity contribution is 5.06. The molecule has 0 bridgehead atoms. The summed E-state index contributed by atoms with van der Waals surface area (Å²) in [5.41, 5.74) is 5.65. The van der Waals surface area contributed by atoms with Crippen molar-refractivity contribution < 1.29 is 5.11 Å². The van der Waals surface area contributed by atoms with E-state index >= 15 is 0 Å². The minimum Gasteiger partial charge on any atom is -0.395 e. The zero-order valence-corrected chi connectivity index (χ0v) is 18.4. The van der Waals surface area contributed by atoms with Crippen LogP contribution in [0.2, 0.25) is 0 Å². The Hall–Kier alpha value is -1.12. The van der Waals surface area contributed by atoms with Crippen molar-refractivity contribution in [2.75, 3.05) is 19.7 Å². The Morgan fingerprint density at radius 2 is 1.19 bits per heavy atom. The second kappa shape index (κ2) is 15.0. The lowest BCUT2D eigenvalue weighted by atomic mass is 10.1. The molecular formula is C24H43NO. The van der Waals surface area contributed by atoms with Crippen molar-refractivity contribution in [3.05, 3.63) is 46.6 Å². The van der Waals surface area contributed by atoms with Gasteiger partial charge < -0.3 is 5.11 Å². The van der Waals surface area contributed by atoms with Crippen LogP contribution in [0.1, 0.15) is 80.6 Å². The third-order valence-electron chi connectivity index (χ3n) is 4.73. The van der Waals surface area contributed by atoms with E-state index in [1.807, 2.05) is 0 Å². The summed E-state index contributed by atoms with van der Waals surface area (Å²) in [4.78, 5) is 2.40. The Kier molecular flexibility index (Phi) is 14.3. The normalized spacial score (nSPS) is 13.7. The topological polar surface area (TPSA) is 23.5 Å². The quantitative estimate of drug-likeness (QED) is 0.381. The van der Waals surface area contributed by atoms with Gasteiger partial charge in [-0.05, 0) is 73.6 Å². The number of hydrogen-bond donors (Lipinski definition) is 1. The first-order chi connectivity index (χ1) is 12.3. The van der Waals surface area contributed by atoms with Gasteiger partial charge >= 0.3 is 0 Å². The summed E-state index contributed by atoms with van der Waals surface area (Å²) in [6, 6.07) is 0.235. The lowest BCUT2D eigenvalue weighted by Gasteiger charge is -2.28. The molecule has 0 saturated heterocycles. The number of rotatable bonds is 13. The maximum Gasteiger partial charge on any atom is 0.0587 e. The van der Waals surface area contributed by atoms with E-state index in [2.05, 4.69) is 77.7 Å². The lowest BCUT2D eigenvalue weighted by molar-refractivity contribution is 0.141. The second-order valence-corrected chi connectivity index (χ2v) is 7.94. The largest absolute Gasteiger partial charge is 0.395 e. The van der Waals surface area contributed by atoms with Crippen LogP contribution in [-0.2, 0) is 0 Å². The molecule has 0 saturated carbocycles. The van der Waals surface area contributed by atoms with E-state index in [1.165, 1.54) is 22.3 Å². The minimum absolute atomic E-state index is 0.228. The van der Waals surface area contributed by atoms with Gasteiger partial charge in [-0.1, -0.05) is 53.5 Å². The maximum absolute atomic E-state index is 9.73. The van der Waals surface area contributed by atoms with Gasteiger partial charge in [0.1, 0.15) is 0 Å². The number of allylic oxidation sites excluding steroid dienone is 6. The molecule has 0 aliphatic heterocycles. The molecule has 0 rings (SSSR count). The average Bonchev–Trinajstić information content (AvgIpc) is 2.56. The molecule has 0 spiro atoms.